The highest BCUT2D eigenvalue weighted by molar-refractivity contribution is 5.77. The Bertz CT molecular complexity index is 1050. The van der Waals surface area contributed by atoms with E-state index in [0.717, 1.165) is 6.42 Å². The first-order valence-electron chi connectivity index (χ1n) is 10.1. The minimum absolute atomic E-state index is 0.170. The number of halogens is 3. The fraction of sp³-hybridized carbons (Fsp3) is 0.200. The molecule has 1 aliphatic rings. The van der Waals surface area contributed by atoms with Crippen molar-refractivity contribution in [3.63, 3.8) is 0 Å². The number of amidine groups is 1. The maximum absolute atomic E-state index is 10.5. The zero-order valence-corrected chi connectivity index (χ0v) is 17.4. The lowest BCUT2D eigenvalue weighted by atomic mass is 9.95. The van der Waals surface area contributed by atoms with Crippen LogP contribution in [0.25, 0.3) is 0 Å². The lowest BCUT2D eigenvalue weighted by Crippen LogP contribution is -2.87. The van der Waals surface area contributed by atoms with Crippen molar-refractivity contribution >= 4 is 11.8 Å². The Kier molecular flexibility index (Phi) is 7.43. The second-order valence-corrected chi connectivity index (χ2v) is 7.53. The van der Waals surface area contributed by atoms with Gasteiger partial charge in [-0.25, -0.2) is 4.99 Å². The number of hydrogen-bond acceptors (Lipinski definition) is 3. The molecule has 32 heavy (non-hydrogen) atoms. The second kappa shape index (κ2) is 10.2. The monoisotopic (exact) mass is 440 g/mol. The van der Waals surface area contributed by atoms with Crippen molar-refractivity contribution in [1.82, 2.24) is 0 Å². The molecule has 0 spiro atoms. The molecule has 0 aliphatic carbocycles. The second-order valence-electron chi connectivity index (χ2n) is 7.53. The Balaban J connectivity index is 0.000000360. The average Bonchev–Trinajstić information content (AvgIpc) is 3.20. The van der Waals surface area contributed by atoms with Gasteiger partial charge in [0.15, 0.2) is 0 Å². The predicted molar refractivity (Wildman–Crippen MR) is 114 cm³/mol. The van der Waals surface area contributed by atoms with Gasteiger partial charge in [0.05, 0.1) is 6.42 Å². The molecule has 4 rings (SSSR count). The lowest BCUT2D eigenvalue weighted by Gasteiger charge is -2.15. The normalized spacial score (nSPS) is 17.8. The topological polar surface area (TPSA) is 69.1 Å². The summed E-state index contributed by atoms with van der Waals surface area (Å²) in [4.78, 5) is 13.9. The molecule has 0 radical (unpaired) electrons. The lowest BCUT2D eigenvalue weighted by molar-refractivity contribution is -0.582. The molecule has 0 amide bonds. The standard InChI is InChI=1S/C23H22N2.C2HF3O2/c1-17-12-14-18(15-13-17)16-21-24-22(19-8-4-2-5-9-19)23(25-21)20-10-6-3-7-11-20;3-2(4,5)1(6)7/h2-15,22-23H,16H2,1H3,(H,24,25);(H,6,7)/t22-,23+;. The molecule has 0 saturated heterocycles. The maximum atomic E-state index is 10.5. The van der Waals surface area contributed by atoms with Gasteiger partial charge in [-0.1, -0.05) is 90.5 Å². The largest absolute Gasteiger partial charge is 0.542 e. The highest BCUT2D eigenvalue weighted by Crippen LogP contribution is 2.32. The van der Waals surface area contributed by atoms with Crippen molar-refractivity contribution in [3.05, 3.63) is 107 Å². The summed E-state index contributed by atoms with van der Waals surface area (Å²) in [5.41, 5.74) is 5.23. The van der Waals surface area contributed by atoms with Crippen molar-refractivity contribution in [2.24, 2.45) is 4.99 Å². The number of aliphatic carboxylic acids is 1. The molecular formula is C25H23F3N2O2. The maximum Gasteiger partial charge on any atom is 0.430 e. The van der Waals surface area contributed by atoms with E-state index in [4.69, 9.17) is 14.9 Å². The van der Waals surface area contributed by atoms with Crippen LogP contribution in [0.4, 0.5) is 13.2 Å². The van der Waals surface area contributed by atoms with E-state index in [9.17, 15) is 13.2 Å². The highest BCUT2D eigenvalue weighted by atomic mass is 19.4. The number of benzene rings is 3. The van der Waals surface area contributed by atoms with E-state index in [2.05, 4.69) is 97.2 Å². The molecule has 166 valence electrons. The molecule has 0 fully saturated rings. The molecular weight excluding hydrogens is 417 g/mol. The number of carbonyl (C=O) groups excluding carboxylic acids is 1. The molecule has 2 atom stereocenters. The van der Waals surface area contributed by atoms with Gasteiger partial charge in [-0.3, -0.25) is 5.32 Å². The van der Waals surface area contributed by atoms with Gasteiger partial charge in [0, 0.05) is 5.56 Å². The Labute approximate surface area is 184 Å². The Hall–Kier alpha value is -3.45. The van der Waals surface area contributed by atoms with Crippen LogP contribution < -0.4 is 10.4 Å². The van der Waals surface area contributed by atoms with Gasteiger partial charge in [0.25, 0.3) is 0 Å². The van der Waals surface area contributed by atoms with E-state index in [-0.39, 0.29) is 6.04 Å². The van der Waals surface area contributed by atoms with Crippen LogP contribution in [0.3, 0.4) is 0 Å². The number of nitrogens with two attached hydrogens (primary N) is 1. The van der Waals surface area contributed by atoms with Crippen LogP contribution in [0.1, 0.15) is 34.3 Å². The number of carboxylic acids is 1. The Morgan fingerprint density at radius 2 is 1.41 bits per heavy atom. The number of aliphatic imine (C=N–C) groups is 1. The van der Waals surface area contributed by atoms with E-state index in [1.165, 1.54) is 28.1 Å². The van der Waals surface area contributed by atoms with Gasteiger partial charge >= 0.3 is 6.18 Å². The average molecular weight is 440 g/mol. The summed E-state index contributed by atoms with van der Waals surface area (Å²) >= 11 is 0. The van der Waals surface area contributed by atoms with Crippen molar-refractivity contribution in [2.75, 3.05) is 0 Å². The quantitative estimate of drug-likeness (QED) is 0.677. The number of aryl methyl sites for hydroxylation is 1. The zero-order chi connectivity index (χ0) is 23.1. The minimum atomic E-state index is -5.19. The van der Waals surface area contributed by atoms with Crippen LogP contribution in [0, 0.1) is 6.92 Å². The fourth-order valence-corrected chi connectivity index (χ4v) is 3.51. The number of rotatable bonds is 4. The number of carbonyl (C=O) groups is 1. The van der Waals surface area contributed by atoms with Crippen LogP contribution in [0.15, 0.2) is 89.9 Å². The van der Waals surface area contributed by atoms with Crippen molar-refractivity contribution < 1.29 is 28.4 Å². The van der Waals surface area contributed by atoms with Crippen LogP contribution in [-0.2, 0) is 11.2 Å². The van der Waals surface area contributed by atoms with Gasteiger partial charge in [0.2, 0.25) is 5.84 Å². The van der Waals surface area contributed by atoms with E-state index < -0.39 is 12.1 Å². The summed E-state index contributed by atoms with van der Waals surface area (Å²) < 4.78 is 31.5. The SMILES string of the molecule is Cc1ccc(CC2=N[C@@H](c3ccccc3)[C@@H](c3ccccc3)[NH2+]2)cc1.O=C([O-])C(F)(F)F. The summed E-state index contributed by atoms with van der Waals surface area (Å²) in [6.45, 7) is 2.12. The van der Waals surface area contributed by atoms with Crippen molar-refractivity contribution in [3.8, 4) is 0 Å². The van der Waals surface area contributed by atoms with E-state index in [1.54, 1.807) is 0 Å². The molecule has 7 heteroatoms. The smallest absolute Gasteiger partial charge is 0.430 e. The number of carboxylic acid groups (broad SMARTS) is 1. The first-order chi connectivity index (χ1) is 15.2. The molecule has 1 aliphatic heterocycles. The van der Waals surface area contributed by atoms with Gasteiger partial charge in [-0.2, -0.15) is 13.2 Å². The van der Waals surface area contributed by atoms with E-state index in [1.807, 2.05) is 0 Å². The Morgan fingerprint density at radius 1 is 0.906 bits per heavy atom. The summed E-state index contributed by atoms with van der Waals surface area (Å²) in [7, 11) is 0. The third-order valence-corrected chi connectivity index (χ3v) is 5.08. The summed E-state index contributed by atoms with van der Waals surface area (Å²) in [6.07, 6.45) is -4.30. The van der Waals surface area contributed by atoms with Crippen molar-refractivity contribution in [2.45, 2.75) is 31.6 Å². The Morgan fingerprint density at radius 3 is 1.91 bits per heavy atom. The highest BCUT2D eigenvalue weighted by Gasteiger charge is 2.35. The summed E-state index contributed by atoms with van der Waals surface area (Å²) in [6, 6.07) is 30.6. The number of nitrogens with zero attached hydrogens (tertiary/aromatic N) is 1. The van der Waals surface area contributed by atoms with Gasteiger partial charge in [0.1, 0.15) is 18.1 Å². The van der Waals surface area contributed by atoms with Crippen molar-refractivity contribution in [1.29, 1.82) is 0 Å². The number of alkyl halides is 3. The molecule has 1 heterocycles. The molecule has 0 saturated carbocycles. The fourth-order valence-electron chi connectivity index (χ4n) is 3.51. The zero-order valence-electron chi connectivity index (χ0n) is 17.4. The van der Waals surface area contributed by atoms with Crippen LogP contribution in [-0.4, -0.2) is 18.0 Å². The minimum Gasteiger partial charge on any atom is -0.542 e. The van der Waals surface area contributed by atoms with Gasteiger partial charge < -0.3 is 9.90 Å². The molecule has 3 aromatic rings. The first kappa shape index (κ1) is 23.2. The van der Waals surface area contributed by atoms with Crippen LogP contribution in [0.2, 0.25) is 0 Å². The van der Waals surface area contributed by atoms with Gasteiger partial charge in [-0.05, 0) is 18.1 Å². The van der Waals surface area contributed by atoms with E-state index in [0.29, 0.717) is 6.04 Å². The number of hydrogen-bond donors (Lipinski definition) is 1. The van der Waals surface area contributed by atoms with E-state index >= 15 is 0 Å². The predicted octanol–water partition coefficient (Wildman–Crippen LogP) is 3.29. The van der Waals surface area contributed by atoms with Crippen LogP contribution >= 0.6 is 0 Å². The molecule has 0 bridgehead atoms. The number of quaternary nitrogens is 1. The molecule has 4 nitrogen and oxygen atoms in total. The third-order valence-electron chi connectivity index (χ3n) is 5.08. The van der Waals surface area contributed by atoms with Crippen LogP contribution in [0.5, 0.6) is 0 Å². The molecule has 3 aromatic carbocycles. The molecule has 0 aromatic heterocycles. The van der Waals surface area contributed by atoms with Gasteiger partial charge in [-0.15, -0.1) is 0 Å². The third kappa shape index (κ3) is 6.28. The molecule has 2 N–H and O–H groups in total. The summed E-state index contributed by atoms with van der Waals surface area (Å²) in [5, 5.41) is 11.1. The first-order valence-corrected chi connectivity index (χ1v) is 10.1. The summed E-state index contributed by atoms with van der Waals surface area (Å²) in [5.74, 6) is -1.82. The molecule has 0 unspecified atom stereocenters.